The number of aromatic nitrogens is 2. The van der Waals surface area contributed by atoms with E-state index < -0.39 is 10.0 Å². The zero-order chi connectivity index (χ0) is 14.8. The molecule has 6 nitrogen and oxygen atoms in total. The van der Waals surface area contributed by atoms with Crippen LogP contribution in [0.3, 0.4) is 0 Å². The van der Waals surface area contributed by atoms with Gasteiger partial charge >= 0.3 is 0 Å². The lowest BCUT2D eigenvalue weighted by Gasteiger charge is -2.37. The van der Waals surface area contributed by atoms with Crippen molar-refractivity contribution in [3.8, 4) is 0 Å². The highest BCUT2D eigenvalue weighted by Gasteiger charge is 2.35. The van der Waals surface area contributed by atoms with E-state index in [1.807, 2.05) is 13.8 Å². The van der Waals surface area contributed by atoms with Gasteiger partial charge in [0.25, 0.3) is 0 Å². The number of aliphatic hydroxyl groups is 1. The van der Waals surface area contributed by atoms with E-state index >= 15 is 0 Å². The fraction of sp³-hybridized carbons (Fsp3) is 0.769. The molecule has 2 N–H and O–H groups in total. The van der Waals surface area contributed by atoms with Crippen LogP contribution in [0.15, 0.2) is 17.3 Å². The minimum Gasteiger partial charge on any atom is -0.393 e. The minimum atomic E-state index is -3.52. The van der Waals surface area contributed by atoms with E-state index in [-0.39, 0.29) is 23.0 Å². The lowest BCUT2D eigenvalue weighted by atomic mass is 9.77. The second kappa shape index (κ2) is 6.24. The van der Waals surface area contributed by atoms with Crippen molar-refractivity contribution in [2.24, 2.45) is 5.92 Å². The van der Waals surface area contributed by atoms with E-state index in [0.717, 1.165) is 12.8 Å². The fourth-order valence-corrected chi connectivity index (χ4v) is 3.91. The molecule has 0 aromatic carbocycles. The highest BCUT2D eigenvalue weighted by Crippen LogP contribution is 2.32. The van der Waals surface area contributed by atoms with Gasteiger partial charge in [0.1, 0.15) is 4.90 Å². The van der Waals surface area contributed by atoms with Gasteiger partial charge in [-0.15, -0.1) is 0 Å². The molecular formula is C13H23N3O3S. The number of aryl methyl sites for hydroxylation is 1. The molecule has 0 aliphatic heterocycles. The lowest BCUT2D eigenvalue weighted by molar-refractivity contribution is 0.0277. The van der Waals surface area contributed by atoms with E-state index in [4.69, 9.17) is 0 Å². The number of aliphatic hydroxyl groups excluding tert-OH is 1. The molecule has 1 saturated carbocycles. The third-order valence-electron chi connectivity index (χ3n) is 3.84. The predicted octanol–water partition coefficient (Wildman–Crippen LogP) is 1.12. The molecule has 0 bridgehead atoms. The number of hydrogen-bond donors (Lipinski definition) is 2. The van der Waals surface area contributed by atoms with Crippen molar-refractivity contribution in [3.05, 3.63) is 12.4 Å². The second-order valence-corrected chi connectivity index (χ2v) is 7.17. The van der Waals surface area contributed by atoms with Gasteiger partial charge in [0, 0.05) is 18.8 Å². The summed E-state index contributed by atoms with van der Waals surface area (Å²) in [6.07, 6.45) is 5.66. The SMILES string of the molecule is CCCn1cc(S(=O)(=O)N[C@@H](CC)C2CC(O)C2)cn1. The molecule has 114 valence electrons. The maximum atomic E-state index is 12.3. The summed E-state index contributed by atoms with van der Waals surface area (Å²) in [5.41, 5.74) is 0. The van der Waals surface area contributed by atoms with Gasteiger partial charge in [-0.05, 0) is 31.6 Å². The summed E-state index contributed by atoms with van der Waals surface area (Å²) >= 11 is 0. The Morgan fingerprint density at radius 3 is 2.75 bits per heavy atom. The van der Waals surface area contributed by atoms with Crippen LogP contribution >= 0.6 is 0 Å². The Morgan fingerprint density at radius 2 is 2.20 bits per heavy atom. The molecule has 1 heterocycles. The molecule has 0 spiro atoms. The summed E-state index contributed by atoms with van der Waals surface area (Å²) < 4.78 is 29.0. The van der Waals surface area contributed by atoms with Gasteiger partial charge in [0.15, 0.2) is 0 Å². The number of sulfonamides is 1. The van der Waals surface area contributed by atoms with Crippen molar-refractivity contribution in [2.45, 2.75) is 63.1 Å². The standard InChI is InChI=1S/C13H23N3O3S/c1-3-5-16-9-12(8-14-16)20(18,19)15-13(4-2)10-6-11(17)7-10/h8-11,13,15,17H,3-7H2,1-2H3/t10?,11?,13-/m0/s1. The van der Waals surface area contributed by atoms with Gasteiger partial charge in [0.05, 0.1) is 12.3 Å². The largest absolute Gasteiger partial charge is 0.393 e. The molecule has 0 saturated heterocycles. The molecule has 0 radical (unpaired) electrons. The molecule has 1 fully saturated rings. The monoisotopic (exact) mass is 301 g/mol. The molecule has 20 heavy (non-hydrogen) atoms. The summed E-state index contributed by atoms with van der Waals surface area (Å²) in [5.74, 6) is 0.232. The van der Waals surface area contributed by atoms with Crippen molar-refractivity contribution in [2.75, 3.05) is 0 Å². The molecule has 1 aliphatic rings. The maximum absolute atomic E-state index is 12.3. The van der Waals surface area contributed by atoms with Crippen LogP contribution in [0.25, 0.3) is 0 Å². The normalized spacial score (nSPS) is 24.4. The van der Waals surface area contributed by atoms with E-state index in [9.17, 15) is 13.5 Å². The van der Waals surface area contributed by atoms with Crippen molar-refractivity contribution in [3.63, 3.8) is 0 Å². The Bertz CT molecular complexity index is 535. The quantitative estimate of drug-likeness (QED) is 0.790. The Labute approximate surface area is 120 Å². The maximum Gasteiger partial charge on any atom is 0.243 e. The Kier molecular flexibility index (Phi) is 4.82. The van der Waals surface area contributed by atoms with Gasteiger partial charge in [0.2, 0.25) is 10.0 Å². The fourth-order valence-electron chi connectivity index (χ4n) is 2.57. The zero-order valence-electron chi connectivity index (χ0n) is 12.0. The van der Waals surface area contributed by atoms with Crippen LogP contribution in [0.2, 0.25) is 0 Å². The molecule has 1 atom stereocenters. The Balaban J connectivity index is 2.05. The van der Waals surface area contributed by atoms with Crippen LogP contribution in [0.1, 0.15) is 39.5 Å². The van der Waals surface area contributed by atoms with E-state index in [1.54, 1.807) is 10.9 Å². The van der Waals surface area contributed by atoms with Gasteiger partial charge in [-0.25, -0.2) is 13.1 Å². The Hall–Kier alpha value is -0.920. The average Bonchev–Trinajstić information content (AvgIpc) is 2.82. The van der Waals surface area contributed by atoms with Crippen molar-refractivity contribution in [1.29, 1.82) is 0 Å². The number of nitrogens with one attached hydrogen (secondary N) is 1. The van der Waals surface area contributed by atoms with Crippen LogP contribution in [-0.4, -0.2) is 35.5 Å². The summed E-state index contributed by atoms with van der Waals surface area (Å²) in [5, 5.41) is 13.4. The average molecular weight is 301 g/mol. The zero-order valence-corrected chi connectivity index (χ0v) is 12.8. The first kappa shape index (κ1) is 15.5. The number of rotatable bonds is 7. The van der Waals surface area contributed by atoms with E-state index in [0.29, 0.717) is 19.4 Å². The minimum absolute atomic E-state index is 0.113. The highest BCUT2D eigenvalue weighted by molar-refractivity contribution is 7.89. The van der Waals surface area contributed by atoms with Crippen molar-refractivity contribution >= 4 is 10.0 Å². The smallest absolute Gasteiger partial charge is 0.243 e. The van der Waals surface area contributed by atoms with Crippen molar-refractivity contribution < 1.29 is 13.5 Å². The van der Waals surface area contributed by atoms with Crippen LogP contribution in [-0.2, 0) is 16.6 Å². The third kappa shape index (κ3) is 3.39. The van der Waals surface area contributed by atoms with Crippen molar-refractivity contribution in [1.82, 2.24) is 14.5 Å². The molecule has 1 aliphatic carbocycles. The summed E-state index contributed by atoms with van der Waals surface area (Å²) in [6.45, 7) is 4.68. The van der Waals surface area contributed by atoms with Crippen LogP contribution < -0.4 is 4.72 Å². The topological polar surface area (TPSA) is 84.2 Å². The molecule has 1 aromatic rings. The third-order valence-corrected chi connectivity index (χ3v) is 5.28. The first-order valence-corrected chi connectivity index (χ1v) is 8.67. The molecule has 0 amide bonds. The molecule has 0 unspecified atom stereocenters. The summed E-state index contributed by atoms with van der Waals surface area (Å²) in [6, 6.07) is -0.113. The molecule has 1 aromatic heterocycles. The summed E-state index contributed by atoms with van der Waals surface area (Å²) in [4.78, 5) is 0.212. The van der Waals surface area contributed by atoms with Gasteiger partial charge in [-0.2, -0.15) is 5.10 Å². The van der Waals surface area contributed by atoms with Gasteiger partial charge in [-0.1, -0.05) is 13.8 Å². The molecule has 2 rings (SSSR count). The van der Waals surface area contributed by atoms with E-state index in [1.165, 1.54) is 6.20 Å². The molecule has 7 heteroatoms. The number of nitrogens with zero attached hydrogens (tertiary/aromatic N) is 2. The second-order valence-electron chi connectivity index (χ2n) is 5.46. The highest BCUT2D eigenvalue weighted by atomic mass is 32.2. The number of hydrogen-bond acceptors (Lipinski definition) is 4. The van der Waals surface area contributed by atoms with Gasteiger partial charge in [-0.3, -0.25) is 4.68 Å². The van der Waals surface area contributed by atoms with Gasteiger partial charge < -0.3 is 5.11 Å². The first-order chi connectivity index (χ1) is 9.46. The predicted molar refractivity (Wildman–Crippen MR) is 75.6 cm³/mol. The molecular weight excluding hydrogens is 278 g/mol. The summed E-state index contributed by atoms with van der Waals surface area (Å²) in [7, 11) is -3.52. The van der Waals surface area contributed by atoms with Crippen LogP contribution in [0.4, 0.5) is 0 Å². The van der Waals surface area contributed by atoms with E-state index in [2.05, 4.69) is 9.82 Å². The lowest BCUT2D eigenvalue weighted by Crippen LogP contribution is -2.46. The Morgan fingerprint density at radius 1 is 1.50 bits per heavy atom. The van der Waals surface area contributed by atoms with Crippen LogP contribution in [0.5, 0.6) is 0 Å². The van der Waals surface area contributed by atoms with Crippen LogP contribution in [0, 0.1) is 5.92 Å². The first-order valence-electron chi connectivity index (χ1n) is 7.19.